The van der Waals surface area contributed by atoms with Crippen LogP contribution in [0.25, 0.3) is 0 Å². The quantitative estimate of drug-likeness (QED) is 0.656. The van der Waals surface area contributed by atoms with Crippen LogP contribution in [0, 0.1) is 11.8 Å². The molecule has 0 aromatic rings. The molecule has 1 atom stereocenters. The van der Waals surface area contributed by atoms with Gasteiger partial charge in [-0.3, -0.25) is 4.79 Å². The second kappa shape index (κ2) is 8.10. The van der Waals surface area contributed by atoms with E-state index in [2.05, 4.69) is 26.1 Å². The van der Waals surface area contributed by atoms with Gasteiger partial charge in [0, 0.05) is 18.3 Å². The van der Waals surface area contributed by atoms with E-state index in [-0.39, 0.29) is 11.8 Å². The monoisotopic (exact) mass is 219 g/mol. The summed E-state index contributed by atoms with van der Waals surface area (Å²) < 4.78 is 0. The zero-order valence-corrected chi connectivity index (χ0v) is 10.2. The van der Waals surface area contributed by atoms with Gasteiger partial charge in [-0.15, -0.1) is 11.6 Å². The van der Waals surface area contributed by atoms with Crippen molar-refractivity contribution < 1.29 is 4.79 Å². The van der Waals surface area contributed by atoms with Crippen LogP contribution < -0.4 is 5.32 Å². The Kier molecular flexibility index (Phi) is 7.96. The largest absolute Gasteiger partial charge is 0.356 e. The topological polar surface area (TPSA) is 29.1 Å². The summed E-state index contributed by atoms with van der Waals surface area (Å²) in [6.45, 7) is 6.96. The van der Waals surface area contributed by atoms with Gasteiger partial charge >= 0.3 is 0 Å². The van der Waals surface area contributed by atoms with Gasteiger partial charge in [0.1, 0.15) is 0 Å². The molecule has 0 heterocycles. The highest BCUT2D eigenvalue weighted by Crippen LogP contribution is 2.08. The summed E-state index contributed by atoms with van der Waals surface area (Å²) in [6, 6.07) is 0. The molecule has 0 fully saturated rings. The highest BCUT2D eigenvalue weighted by molar-refractivity contribution is 6.17. The molecule has 0 radical (unpaired) electrons. The second-order valence-electron chi connectivity index (χ2n) is 3.84. The Morgan fingerprint density at radius 3 is 2.36 bits per heavy atom. The molecule has 0 spiro atoms. The summed E-state index contributed by atoms with van der Waals surface area (Å²) in [6.07, 6.45) is 2.81. The molecule has 2 nitrogen and oxygen atoms in total. The van der Waals surface area contributed by atoms with Gasteiger partial charge in [0.05, 0.1) is 0 Å². The van der Waals surface area contributed by atoms with E-state index in [1.807, 2.05) is 0 Å². The lowest BCUT2D eigenvalue weighted by Gasteiger charge is -2.15. The van der Waals surface area contributed by atoms with Crippen LogP contribution in [0.15, 0.2) is 0 Å². The fourth-order valence-electron chi connectivity index (χ4n) is 1.37. The fraction of sp³-hybridized carbons (Fsp3) is 0.909. The Bertz CT molecular complexity index is 157. The highest BCUT2D eigenvalue weighted by atomic mass is 35.5. The number of alkyl halides is 1. The zero-order chi connectivity index (χ0) is 11.0. The number of carbonyl (C=O) groups is 1. The lowest BCUT2D eigenvalue weighted by atomic mass is 10.0. The van der Waals surface area contributed by atoms with Crippen LogP contribution in [0.5, 0.6) is 0 Å². The van der Waals surface area contributed by atoms with E-state index in [1.165, 1.54) is 0 Å². The first-order chi connectivity index (χ1) is 6.65. The van der Waals surface area contributed by atoms with Crippen molar-refractivity contribution in [1.82, 2.24) is 5.32 Å². The molecule has 0 aliphatic heterocycles. The minimum Gasteiger partial charge on any atom is -0.356 e. The number of halogens is 1. The number of nitrogens with one attached hydrogen (secondary N) is 1. The van der Waals surface area contributed by atoms with Gasteiger partial charge in [-0.25, -0.2) is 0 Å². The second-order valence-corrected chi connectivity index (χ2v) is 4.22. The predicted molar refractivity (Wildman–Crippen MR) is 61.6 cm³/mol. The van der Waals surface area contributed by atoms with Crippen molar-refractivity contribution in [2.75, 3.05) is 12.4 Å². The van der Waals surface area contributed by atoms with Crippen LogP contribution >= 0.6 is 11.6 Å². The van der Waals surface area contributed by atoms with Gasteiger partial charge in [-0.2, -0.15) is 0 Å². The Balaban J connectivity index is 3.71. The van der Waals surface area contributed by atoms with Crippen molar-refractivity contribution in [3.63, 3.8) is 0 Å². The molecule has 0 aromatic heterocycles. The summed E-state index contributed by atoms with van der Waals surface area (Å²) in [4.78, 5) is 11.6. The SMILES string of the molecule is CCC(CC)C(=O)NCC(C)CCCl. The van der Waals surface area contributed by atoms with Crippen molar-refractivity contribution in [3.8, 4) is 0 Å². The summed E-state index contributed by atoms with van der Waals surface area (Å²) in [7, 11) is 0. The standard InChI is InChI=1S/C11H22ClNO/c1-4-10(5-2)11(14)13-8-9(3)6-7-12/h9-10H,4-8H2,1-3H3,(H,13,14). The molecule has 14 heavy (non-hydrogen) atoms. The van der Waals surface area contributed by atoms with Crippen LogP contribution in [0.3, 0.4) is 0 Å². The molecule has 0 saturated carbocycles. The summed E-state index contributed by atoms with van der Waals surface area (Å²) >= 11 is 5.62. The molecular formula is C11H22ClNO. The van der Waals surface area contributed by atoms with E-state index < -0.39 is 0 Å². The van der Waals surface area contributed by atoms with Crippen LogP contribution in [0.4, 0.5) is 0 Å². The van der Waals surface area contributed by atoms with Crippen LogP contribution in [0.1, 0.15) is 40.0 Å². The zero-order valence-electron chi connectivity index (χ0n) is 9.48. The third kappa shape index (κ3) is 5.48. The first-order valence-electron chi connectivity index (χ1n) is 5.49. The molecule has 3 heteroatoms. The third-order valence-electron chi connectivity index (χ3n) is 2.58. The molecule has 0 aliphatic carbocycles. The third-order valence-corrected chi connectivity index (χ3v) is 2.80. The number of carbonyl (C=O) groups excluding carboxylic acids is 1. The number of hydrogen-bond donors (Lipinski definition) is 1. The number of amides is 1. The van der Waals surface area contributed by atoms with Crippen LogP contribution in [-0.2, 0) is 4.79 Å². The Morgan fingerprint density at radius 2 is 1.93 bits per heavy atom. The molecule has 1 unspecified atom stereocenters. The van der Waals surface area contributed by atoms with E-state index >= 15 is 0 Å². The molecule has 0 rings (SSSR count). The highest BCUT2D eigenvalue weighted by Gasteiger charge is 2.14. The van der Waals surface area contributed by atoms with E-state index in [4.69, 9.17) is 11.6 Å². The first-order valence-corrected chi connectivity index (χ1v) is 6.02. The maximum absolute atomic E-state index is 11.6. The minimum absolute atomic E-state index is 0.179. The minimum atomic E-state index is 0.179. The molecule has 0 aromatic carbocycles. The molecular weight excluding hydrogens is 198 g/mol. The van der Waals surface area contributed by atoms with Gasteiger partial charge in [0.25, 0.3) is 0 Å². The average Bonchev–Trinajstić information content (AvgIpc) is 2.17. The summed E-state index contributed by atoms with van der Waals surface area (Å²) in [5.74, 6) is 1.52. The number of hydrogen-bond acceptors (Lipinski definition) is 1. The fourth-order valence-corrected chi connectivity index (χ4v) is 1.74. The van der Waals surface area contributed by atoms with Gasteiger partial charge in [0.2, 0.25) is 5.91 Å². The van der Waals surface area contributed by atoms with Crippen LogP contribution in [-0.4, -0.2) is 18.3 Å². The van der Waals surface area contributed by atoms with E-state index in [0.717, 1.165) is 25.8 Å². The lowest BCUT2D eigenvalue weighted by Crippen LogP contribution is -2.33. The first kappa shape index (κ1) is 13.8. The van der Waals surface area contributed by atoms with Gasteiger partial charge in [-0.05, 0) is 25.2 Å². The van der Waals surface area contributed by atoms with E-state index in [0.29, 0.717) is 11.8 Å². The molecule has 0 saturated heterocycles. The van der Waals surface area contributed by atoms with E-state index in [1.54, 1.807) is 0 Å². The Morgan fingerprint density at radius 1 is 1.36 bits per heavy atom. The Hall–Kier alpha value is -0.240. The van der Waals surface area contributed by atoms with Crippen LogP contribution in [0.2, 0.25) is 0 Å². The van der Waals surface area contributed by atoms with Gasteiger partial charge in [-0.1, -0.05) is 20.8 Å². The van der Waals surface area contributed by atoms with Crippen molar-refractivity contribution in [1.29, 1.82) is 0 Å². The van der Waals surface area contributed by atoms with E-state index in [9.17, 15) is 4.79 Å². The Labute approximate surface area is 92.4 Å². The molecule has 0 aliphatic rings. The summed E-state index contributed by atoms with van der Waals surface area (Å²) in [5.41, 5.74) is 0. The van der Waals surface area contributed by atoms with Crippen molar-refractivity contribution in [3.05, 3.63) is 0 Å². The molecule has 0 bridgehead atoms. The maximum Gasteiger partial charge on any atom is 0.223 e. The average molecular weight is 220 g/mol. The van der Waals surface area contributed by atoms with Crippen molar-refractivity contribution >= 4 is 17.5 Å². The normalized spacial score (nSPS) is 12.9. The maximum atomic E-state index is 11.6. The predicted octanol–water partition coefficient (Wildman–Crippen LogP) is 2.80. The smallest absolute Gasteiger partial charge is 0.223 e. The molecule has 1 amide bonds. The molecule has 84 valence electrons. The summed E-state index contributed by atoms with van der Waals surface area (Å²) in [5, 5.41) is 2.97. The number of rotatable bonds is 7. The molecule has 1 N–H and O–H groups in total. The van der Waals surface area contributed by atoms with Crippen molar-refractivity contribution in [2.45, 2.75) is 40.0 Å². The lowest BCUT2D eigenvalue weighted by molar-refractivity contribution is -0.125. The van der Waals surface area contributed by atoms with Crippen molar-refractivity contribution in [2.24, 2.45) is 11.8 Å². The van der Waals surface area contributed by atoms with Gasteiger partial charge < -0.3 is 5.32 Å². The van der Waals surface area contributed by atoms with Gasteiger partial charge in [0.15, 0.2) is 0 Å².